The molecule has 1 aromatic carbocycles. The number of piperazine rings is 1. The van der Waals surface area contributed by atoms with Crippen molar-refractivity contribution in [2.24, 2.45) is 0 Å². The first-order chi connectivity index (χ1) is 14.5. The Hall–Kier alpha value is -2.73. The van der Waals surface area contributed by atoms with Gasteiger partial charge in [0.25, 0.3) is 5.91 Å². The number of rotatable bonds is 5. The molecule has 30 heavy (non-hydrogen) atoms. The number of halogens is 1. The van der Waals surface area contributed by atoms with E-state index in [-0.39, 0.29) is 17.9 Å². The fourth-order valence-corrected chi connectivity index (χ4v) is 4.25. The number of carbonyl (C=O) groups is 2. The second-order valence-electron chi connectivity index (χ2n) is 7.91. The second-order valence-corrected chi connectivity index (χ2v) is 8.29. The van der Waals surface area contributed by atoms with E-state index in [1.165, 1.54) is 5.56 Å². The number of benzene rings is 1. The van der Waals surface area contributed by atoms with Gasteiger partial charge in [-0.1, -0.05) is 29.8 Å². The molecule has 0 spiro atoms. The Balaban J connectivity index is 1.57. The Kier molecular flexibility index (Phi) is 5.86. The summed E-state index contributed by atoms with van der Waals surface area (Å²) in [7, 11) is 0. The lowest BCUT2D eigenvalue weighted by atomic mass is 10.1. The normalized spacial score (nSPS) is 17.0. The van der Waals surface area contributed by atoms with E-state index in [1.54, 1.807) is 6.26 Å². The van der Waals surface area contributed by atoms with Crippen molar-refractivity contribution in [2.45, 2.75) is 32.9 Å². The predicted octanol–water partition coefficient (Wildman–Crippen LogP) is 3.89. The van der Waals surface area contributed by atoms with E-state index in [9.17, 15) is 9.59 Å². The largest absolute Gasteiger partial charge is 0.448 e. The molecule has 0 saturated carbocycles. The van der Waals surface area contributed by atoms with Gasteiger partial charge in [-0.25, -0.2) is 0 Å². The van der Waals surface area contributed by atoms with Gasteiger partial charge in [0.05, 0.1) is 12.8 Å². The minimum atomic E-state index is -0.0399. The summed E-state index contributed by atoms with van der Waals surface area (Å²) in [5.41, 5.74) is 3.61. The number of aryl methyl sites for hydroxylation is 1. The van der Waals surface area contributed by atoms with Crippen LogP contribution in [-0.4, -0.2) is 57.7 Å². The molecule has 1 unspecified atom stereocenters. The van der Waals surface area contributed by atoms with Crippen LogP contribution in [-0.2, 0) is 11.3 Å². The van der Waals surface area contributed by atoms with Gasteiger partial charge in [-0.2, -0.15) is 0 Å². The van der Waals surface area contributed by atoms with Gasteiger partial charge in [0.15, 0.2) is 0 Å². The maximum absolute atomic E-state index is 13.4. The quantitative estimate of drug-likeness (QED) is 0.580. The minimum Gasteiger partial charge on any atom is -0.448 e. The summed E-state index contributed by atoms with van der Waals surface area (Å²) in [5.74, 6) is 0.325. The highest BCUT2D eigenvalue weighted by atomic mass is 35.5. The summed E-state index contributed by atoms with van der Waals surface area (Å²) in [5, 5.41) is 0.912. The molecule has 0 radical (unpaired) electrons. The lowest BCUT2D eigenvalue weighted by Crippen LogP contribution is -2.55. The van der Waals surface area contributed by atoms with Gasteiger partial charge in [-0.3, -0.25) is 9.59 Å². The van der Waals surface area contributed by atoms with E-state index >= 15 is 0 Å². The summed E-state index contributed by atoms with van der Waals surface area (Å²) >= 11 is 5.72. The van der Waals surface area contributed by atoms with E-state index in [0.717, 1.165) is 10.9 Å². The van der Waals surface area contributed by atoms with E-state index < -0.39 is 0 Å². The highest BCUT2D eigenvalue weighted by Crippen LogP contribution is 2.25. The lowest BCUT2D eigenvalue weighted by molar-refractivity contribution is -0.134. The van der Waals surface area contributed by atoms with Crippen LogP contribution in [0.4, 0.5) is 0 Å². The molecule has 7 heteroatoms. The smallest absolute Gasteiger partial charge is 0.270 e. The first kappa shape index (κ1) is 20.5. The molecule has 4 rings (SSSR count). The van der Waals surface area contributed by atoms with Crippen molar-refractivity contribution >= 4 is 34.5 Å². The molecule has 1 fully saturated rings. The molecular weight excluding hydrogens is 402 g/mol. The number of fused-ring (bicyclic) bond motifs is 1. The second kappa shape index (κ2) is 8.56. The van der Waals surface area contributed by atoms with Crippen molar-refractivity contribution in [2.75, 3.05) is 25.5 Å². The van der Waals surface area contributed by atoms with Crippen LogP contribution in [0.5, 0.6) is 0 Å². The lowest BCUT2D eigenvalue weighted by Gasteiger charge is -2.40. The third-order valence-corrected chi connectivity index (χ3v) is 5.92. The molecule has 0 aliphatic carbocycles. The van der Waals surface area contributed by atoms with Crippen LogP contribution < -0.4 is 0 Å². The molecule has 1 aliphatic heterocycles. The van der Waals surface area contributed by atoms with E-state index in [2.05, 4.69) is 31.2 Å². The predicted molar refractivity (Wildman–Crippen MR) is 117 cm³/mol. The molecule has 3 aromatic rings. The van der Waals surface area contributed by atoms with Crippen LogP contribution in [0.3, 0.4) is 0 Å². The fourth-order valence-electron chi connectivity index (χ4n) is 4.08. The summed E-state index contributed by atoms with van der Waals surface area (Å²) in [6.07, 6.45) is 1.98. The molecule has 2 aromatic heterocycles. The third-order valence-electron chi connectivity index (χ3n) is 5.73. The fraction of sp³-hybridized carbons (Fsp3) is 0.391. The first-order valence-corrected chi connectivity index (χ1v) is 10.8. The highest BCUT2D eigenvalue weighted by molar-refractivity contribution is 6.18. The molecule has 0 bridgehead atoms. The van der Waals surface area contributed by atoms with Gasteiger partial charge in [0, 0.05) is 43.4 Å². The van der Waals surface area contributed by atoms with Gasteiger partial charge in [-0.15, -0.1) is 11.6 Å². The molecule has 1 atom stereocenters. The Morgan fingerprint density at radius 1 is 1.17 bits per heavy atom. The van der Waals surface area contributed by atoms with Crippen molar-refractivity contribution in [3.63, 3.8) is 0 Å². The van der Waals surface area contributed by atoms with Crippen LogP contribution in [0.25, 0.3) is 11.1 Å². The SMILES string of the molecule is Cc1ccc(Cn2c(C(=O)N3CCN(C(=O)CCCl)C(C)C3)cc3ccoc32)cc1. The number of carbonyl (C=O) groups excluding carboxylic acids is 2. The van der Waals surface area contributed by atoms with Gasteiger partial charge in [0.1, 0.15) is 5.69 Å². The summed E-state index contributed by atoms with van der Waals surface area (Å²) in [4.78, 5) is 29.3. The number of hydrogen-bond acceptors (Lipinski definition) is 3. The highest BCUT2D eigenvalue weighted by Gasteiger charge is 2.31. The van der Waals surface area contributed by atoms with Gasteiger partial charge < -0.3 is 18.8 Å². The molecule has 3 heterocycles. The Morgan fingerprint density at radius 2 is 1.93 bits per heavy atom. The van der Waals surface area contributed by atoms with Crippen LogP contribution in [0, 0.1) is 6.92 Å². The molecular formula is C23H26ClN3O3. The zero-order valence-electron chi connectivity index (χ0n) is 17.3. The summed E-state index contributed by atoms with van der Waals surface area (Å²) in [6.45, 7) is 6.12. The average molecular weight is 428 g/mol. The standard InChI is InChI=1S/C23H26ClN3O3/c1-16-3-5-18(6-4-16)15-27-20(13-19-8-12-30-23(19)27)22(29)25-10-11-26(17(2)14-25)21(28)7-9-24/h3-6,8,12-13,17H,7,9-11,14-15H2,1-2H3. The van der Waals surface area contributed by atoms with E-state index in [1.807, 2.05) is 33.4 Å². The minimum absolute atomic E-state index is 0.0372. The van der Waals surface area contributed by atoms with Gasteiger partial charge >= 0.3 is 0 Å². The molecule has 6 nitrogen and oxygen atoms in total. The average Bonchev–Trinajstić information content (AvgIpc) is 3.31. The molecule has 0 N–H and O–H groups in total. The Morgan fingerprint density at radius 3 is 2.63 bits per heavy atom. The van der Waals surface area contributed by atoms with Crippen LogP contribution in [0.15, 0.2) is 47.1 Å². The van der Waals surface area contributed by atoms with Crippen LogP contribution in [0.2, 0.25) is 0 Å². The number of amides is 2. The van der Waals surface area contributed by atoms with Crippen molar-refractivity contribution in [3.05, 3.63) is 59.5 Å². The Bertz CT molecular complexity index is 1050. The Labute approximate surface area is 181 Å². The zero-order valence-corrected chi connectivity index (χ0v) is 18.1. The maximum Gasteiger partial charge on any atom is 0.270 e. The number of furan rings is 1. The molecule has 1 aliphatic rings. The third kappa shape index (κ3) is 3.97. The van der Waals surface area contributed by atoms with Crippen LogP contribution >= 0.6 is 11.6 Å². The summed E-state index contributed by atoms with van der Waals surface area (Å²) in [6, 6.07) is 12.0. The molecule has 158 valence electrons. The molecule has 1 saturated heterocycles. The maximum atomic E-state index is 13.4. The number of hydrogen-bond donors (Lipinski definition) is 0. The monoisotopic (exact) mass is 427 g/mol. The van der Waals surface area contributed by atoms with E-state index in [0.29, 0.717) is 49.9 Å². The van der Waals surface area contributed by atoms with Crippen LogP contribution in [0.1, 0.15) is 35.0 Å². The first-order valence-electron chi connectivity index (χ1n) is 10.2. The van der Waals surface area contributed by atoms with Gasteiger partial charge in [0.2, 0.25) is 11.6 Å². The number of aromatic nitrogens is 1. The zero-order chi connectivity index (χ0) is 21.3. The number of alkyl halides is 1. The van der Waals surface area contributed by atoms with Crippen molar-refractivity contribution in [3.8, 4) is 0 Å². The van der Waals surface area contributed by atoms with Crippen molar-refractivity contribution in [1.82, 2.24) is 14.4 Å². The summed E-state index contributed by atoms with van der Waals surface area (Å²) < 4.78 is 7.63. The van der Waals surface area contributed by atoms with Crippen molar-refractivity contribution < 1.29 is 14.0 Å². The molecule has 2 amide bonds. The van der Waals surface area contributed by atoms with E-state index in [4.69, 9.17) is 16.0 Å². The topological polar surface area (TPSA) is 58.7 Å². The number of nitrogens with zero attached hydrogens (tertiary/aromatic N) is 3. The van der Waals surface area contributed by atoms with Gasteiger partial charge in [-0.05, 0) is 31.5 Å². The van der Waals surface area contributed by atoms with Crippen molar-refractivity contribution in [1.29, 1.82) is 0 Å².